The highest BCUT2D eigenvalue weighted by molar-refractivity contribution is 6.05. The van der Waals surface area contributed by atoms with E-state index in [0.717, 1.165) is 12.8 Å². The standard InChI is InChI=1S/C16H19FN2O2/c1-9-5-12-13(6-9)16(21)19(15(12)20)8-14(18)10-3-2-4-11(17)7-10/h2-4,7,9,12-14H,5-6,8,18H2,1H3. The number of hydrogen-bond donors (Lipinski definition) is 1. The van der Waals surface area contributed by atoms with Gasteiger partial charge in [0.15, 0.2) is 0 Å². The van der Waals surface area contributed by atoms with Crippen LogP contribution < -0.4 is 5.73 Å². The SMILES string of the molecule is CC1CC2C(=O)N(CC(N)c3cccc(F)c3)C(=O)C2C1. The van der Waals surface area contributed by atoms with Crippen LogP contribution >= 0.6 is 0 Å². The molecule has 2 fully saturated rings. The summed E-state index contributed by atoms with van der Waals surface area (Å²) < 4.78 is 13.2. The molecule has 112 valence electrons. The molecule has 4 nitrogen and oxygen atoms in total. The third-order valence-corrected chi connectivity index (χ3v) is 4.62. The lowest BCUT2D eigenvalue weighted by Crippen LogP contribution is -2.38. The van der Waals surface area contributed by atoms with E-state index >= 15 is 0 Å². The molecule has 0 spiro atoms. The van der Waals surface area contributed by atoms with Crippen molar-refractivity contribution >= 4 is 11.8 Å². The first-order valence-corrected chi connectivity index (χ1v) is 7.33. The number of carbonyl (C=O) groups excluding carboxylic acids is 2. The molecular weight excluding hydrogens is 271 g/mol. The van der Waals surface area contributed by atoms with Crippen molar-refractivity contribution in [2.45, 2.75) is 25.8 Å². The molecule has 0 aromatic heterocycles. The number of hydrogen-bond acceptors (Lipinski definition) is 3. The van der Waals surface area contributed by atoms with Gasteiger partial charge in [-0.3, -0.25) is 14.5 Å². The van der Waals surface area contributed by atoms with E-state index in [2.05, 4.69) is 6.92 Å². The molecule has 3 atom stereocenters. The molecule has 1 aliphatic carbocycles. The molecule has 1 aromatic rings. The number of likely N-dealkylation sites (tertiary alicyclic amines) is 1. The normalized spacial score (nSPS) is 29.9. The van der Waals surface area contributed by atoms with E-state index < -0.39 is 6.04 Å². The number of halogens is 1. The summed E-state index contributed by atoms with van der Waals surface area (Å²) in [5, 5.41) is 0. The molecule has 1 aliphatic heterocycles. The van der Waals surface area contributed by atoms with Gasteiger partial charge in [0.25, 0.3) is 0 Å². The minimum atomic E-state index is -0.551. The Kier molecular flexibility index (Phi) is 3.53. The minimum absolute atomic E-state index is 0.110. The van der Waals surface area contributed by atoms with E-state index in [9.17, 15) is 14.0 Å². The molecule has 3 unspecified atom stereocenters. The monoisotopic (exact) mass is 290 g/mol. The Morgan fingerprint density at radius 3 is 2.48 bits per heavy atom. The van der Waals surface area contributed by atoms with E-state index in [1.54, 1.807) is 12.1 Å². The van der Waals surface area contributed by atoms with Crippen LogP contribution in [0.4, 0.5) is 4.39 Å². The van der Waals surface area contributed by atoms with Gasteiger partial charge in [0, 0.05) is 12.6 Å². The molecule has 1 saturated heterocycles. The average molecular weight is 290 g/mol. The number of fused-ring (bicyclic) bond motifs is 1. The van der Waals surface area contributed by atoms with Crippen LogP contribution in [0, 0.1) is 23.6 Å². The van der Waals surface area contributed by atoms with Crippen LogP contribution in [-0.4, -0.2) is 23.3 Å². The second kappa shape index (κ2) is 5.22. The Morgan fingerprint density at radius 1 is 1.29 bits per heavy atom. The first-order valence-electron chi connectivity index (χ1n) is 7.33. The number of nitrogens with zero attached hydrogens (tertiary/aromatic N) is 1. The smallest absolute Gasteiger partial charge is 0.233 e. The maximum Gasteiger partial charge on any atom is 0.233 e. The van der Waals surface area contributed by atoms with Crippen LogP contribution in [-0.2, 0) is 9.59 Å². The van der Waals surface area contributed by atoms with E-state index in [4.69, 9.17) is 5.73 Å². The second-order valence-electron chi connectivity index (χ2n) is 6.24. The van der Waals surface area contributed by atoms with Crippen LogP contribution in [0.3, 0.4) is 0 Å². The Balaban J connectivity index is 1.74. The van der Waals surface area contributed by atoms with Crippen molar-refractivity contribution in [3.8, 4) is 0 Å². The molecule has 2 aliphatic rings. The molecule has 0 radical (unpaired) electrons. The molecule has 1 saturated carbocycles. The van der Waals surface area contributed by atoms with Gasteiger partial charge in [0.05, 0.1) is 11.8 Å². The third kappa shape index (κ3) is 2.46. The average Bonchev–Trinajstić information content (AvgIpc) is 2.92. The molecular formula is C16H19FN2O2. The van der Waals surface area contributed by atoms with Gasteiger partial charge in [-0.1, -0.05) is 19.1 Å². The van der Waals surface area contributed by atoms with Crippen molar-refractivity contribution in [3.05, 3.63) is 35.6 Å². The summed E-state index contributed by atoms with van der Waals surface area (Å²) in [7, 11) is 0. The largest absolute Gasteiger partial charge is 0.322 e. The predicted octanol–water partition coefficient (Wildman–Crippen LogP) is 1.86. The van der Waals surface area contributed by atoms with Gasteiger partial charge in [-0.05, 0) is 36.5 Å². The maximum atomic E-state index is 13.2. The number of amides is 2. The van der Waals surface area contributed by atoms with Crippen molar-refractivity contribution in [1.82, 2.24) is 4.90 Å². The Morgan fingerprint density at radius 2 is 1.90 bits per heavy atom. The zero-order chi connectivity index (χ0) is 15.1. The van der Waals surface area contributed by atoms with Crippen molar-refractivity contribution in [2.75, 3.05) is 6.54 Å². The summed E-state index contributed by atoms with van der Waals surface area (Å²) in [6, 6.07) is 5.42. The summed E-state index contributed by atoms with van der Waals surface area (Å²) in [6.07, 6.45) is 1.56. The fourth-order valence-electron chi connectivity index (χ4n) is 3.57. The minimum Gasteiger partial charge on any atom is -0.322 e. The second-order valence-corrected chi connectivity index (χ2v) is 6.24. The van der Waals surface area contributed by atoms with E-state index in [1.807, 2.05) is 0 Å². The Bertz CT molecular complexity index is 565. The maximum absolute atomic E-state index is 13.2. The first kappa shape index (κ1) is 14.2. The van der Waals surface area contributed by atoms with Gasteiger partial charge < -0.3 is 5.73 Å². The molecule has 21 heavy (non-hydrogen) atoms. The van der Waals surface area contributed by atoms with Crippen LogP contribution in [0.15, 0.2) is 24.3 Å². The molecule has 0 bridgehead atoms. The third-order valence-electron chi connectivity index (χ3n) is 4.62. The molecule has 5 heteroatoms. The van der Waals surface area contributed by atoms with Gasteiger partial charge >= 0.3 is 0 Å². The van der Waals surface area contributed by atoms with Gasteiger partial charge in [0.2, 0.25) is 11.8 Å². The van der Waals surface area contributed by atoms with Crippen molar-refractivity contribution in [1.29, 1.82) is 0 Å². The summed E-state index contributed by atoms with van der Waals surface area (Å²) in [5.74, 6) is -0.513. The van der Waals surface area contributed by atoms with Gasteiger partial charge in [0.1, 0.15) is 5.82 Å². The molecule has 3 rings (SSSR count). The summed E-state index contributed by atoms with van der Waals surface area (Å²) in [6.45, 7) is 2.20. The van der Waals surface area contributed by atoms with Gasteiger partial charge in [-0.2, -0.15) is 0 Å². The van der Waals surface area contributed by atoms with Crippen LogP contribution in [0.5, 0.6) is 0 Å². The molecule has 1 heterocycles. The van der Waals surface area contributed by atoms with E-state index in [0.29, 0.717) is 11.5 Å². The van der Waals surface area contributed by atoms with Crippen LogP contribution in [0.25, 0.3) is 0 Å². The lowest BCUT2D eigenvalue weighted by Gasteiger charge is -2.21. The zero-order valence-corrected chi connectivity index (χ0v) is 12.0. The van der Waals surface area contributed by atoms with E-state index in [1.165, 1.54) is 17.0 Å². The Labute approximate surface area is 123 Å². The summed E-state index contributed by atoms with van der Waals surface area (Å²) in [4.78, 5) is 26.0. The highest BCUT2D eigenvalue weighted by Gasteiger charge is 2.51. The number of rotatable bonds is 3. The van der Waals surface area contributed by atoms with Crippen LogP contribution in [0.2, 0.25) is 0 Å². The highest BCUT2D eigenvalue weighted by atomic mass is 19.1. The fraction of sp³-hybridized carbons (Fsp3) is 0.500. The summed E-state index contributed by atoms with van der Waals surface area (Å²) in [5.41, 5.74) is 6.63. The fourth-order valence-corrected chi connectivity index (χ4v) is 3.57. The Hall–Kier alpha value is -1.75. The number of imide groups is 1. The number of carbonyl (C=O) groups is 2. The van der Waals surface area contributed by atoms with Crippen LogP contribution in [0.1, 0.15) is 31.4 Å². The zero-order valence-electron chi connectivity index (χ0n) is 12.0. The molecule has 1 aromatic carbocycles. The van der Waals surface area contributed by atoms with Gasteiger partial charge in [-0.15, -0.1) is 0 Å². The van der Waals surface area contributed by atoms with Crippen molar-refractivity contribution in [2.24, 2.45) is 23.5 Å². The predicted molar refractivity (Wildman–Crippen MR) is 75.4 cm³/mol. The first-order chi connectivity index (χ1) is 9.97. The quantitative estimate of drug-likeness (QED) is 0.864. The van der Waals surface area contributed by atoms with Crippen molar-refractivity contribution < 1.29 is 14.0 Å². The van der Waals surface area contributed by atoms with Gasteiger partial charge in [-0.25, -0.2) is 4.39 Å². The summed E-state index contributed by atoms with van der Waals surface area (Å²) >= 11 is 0. The number of benzene rings is 1. The number of nitrogens with two attached hydrogens (primary N) is 1. The molecule has 2 amide bonds. The molecule has 2 N–H and O–H groups in total. The van der Waals surface area contributed by atoms with Crippen molar-refractivity contribution in [3.63, 3.8) is 0 Å². The van der Waals surface area contributed by atoms with E-state index in [-0.39, 0.29) is 36.0 Å². The lowest BCUT2D eigenvalue weighted by atomic mass is 10.00. The highest BCUT2D eigenvalue weighted by Crippen LogP contribution is 2.43. The topological polar surface area (TPSA) is 63.4 Å². The lowest BCUT2D eigenvalue weighted by molar-refractivity contribution is -0.140.